The predicted octanol–water partition coefficient (Wildman–Crippen LogP) is 2.66. The summed E-state index contributed by atoms with van der Waals surface area (Å²) in [4.78, 5) is 14.4. The number of hydrogen-bond acceptors (Lipinski definition) is 3. The Morgan fingerprint density at radius 2 is 2.05 bits per heavy atom. The van der Waals surface area contributed by atoms with Crippen LogP contribution in [0.25, 0.3) is 0 Å². The van der Waals surface area contributed by atoms with Gasteiger partial charge in [0, 0.05) is 29.5 Å². The number of carbonyl (C=O) groups excluding carboxylic acids is 1. The largest absolute Gasteiger partial charge is 0.347 e. The number of benzene rings is 1. The standard InChI is InChI=1S/C15H18INO3/c1-11-10-19-15(20-11)6-8-17(9-7-15)14(18)12-4-2-3-5-13(12)16/h2-5,11H,6-10H2,1H3. The van der Waals surface area contributed by atoms with Crippen LogP contribution in [0.15, 0.2) is 24.3 Å². The molecule has 0 aliphatic carbocycles. The Hall–Kier alpha value is -0.660. The lowest BCUT2D eigenvalue weighted by molar-refractivity contribution is -0.189. The normalized spacial score (nSPS) is 25.1. The highest BCUT2D eigenvalue weighted by atomic mass is 127. The molecule has 108 valence electrons. The van der Waals surface area contributed by atoms with Crippen LogP contribution in [0.2, 0.25) is 0 Å². The maximum absolute atomic E-state index is 12.5. The van der Waals surface area contributed by atoms with Gasteiger partial charge in [-0.15, -0.1) is 0 Å². The van der Waals surface area contributed by atoms with Crippen molar-refractivity contribution < 1.29 is 14.3 Å². The molecule has 0 N–H and O–H groups in total. The Labute approximate surface area is 132 Å². The summed E-state index contributed by atoms with van der Waals surface area (Å²) >= 11 is 2.21. The summed E-state index contributed by atoms with van der Waals surface area (Å²) in [6.07, 6.45) is 1.67. The van der Waals surface area contributed by atoms with Gasteiger partial charge >= 0.3 is 0 Å². The van der Waals surface area contributed by atoms with Crippen molar-refractivity contribution in [3.05, 3.63) is 33.4 Å². The number of carbonyl (C=O) groups is 1. The second kappa shape index (κ2) is 5.61. The van der Waals surface area contributed by atoms with Gasteiger partial charge in [0.2, 0.25) is 0 Å². The van der Waals surface area contributed by atoms with Crippen molar-refractivity contribution in [1.29, 1.82) is 0 Å². The van der Waals surface area contributed by atoms with Gasteiger partial charge in [0.15, 0.2) is 5.79 Å². The first kappa shape index (κ1) is 14.3. The van der Waals surface area contributed by atoms with Crippen molar-refractivity contribution in [2.45, 2.75) is 31.7 Å². The van der Waals surface area contributed by atoms with E-state index in [0.29, 0.717) is 19.7 Å². The molecule has 0 bridgehead atoms. The molecule has 3 rings (SSSR count). The molecule has 0 saturated carbocycles. The van der Waals surface area contributed by atoms with Gasteiger partial charge in [0.25, 0.3) is 5.91 Å². The second-order valence-electron chi connectivity index (χ2n) is 5.42. The minimum absolute atomic E-state index is 0.107. The number of nitrogens with zero attached hydrogens (tertiary/aromatic N) is 1. The van der Waals surface area contributed by atoms with Gasteiger partial charge < -0.3 is 14.4 Å². The monoisotopic (exact) mass is 387 g/mol. The summed E-state index contributed by atoms with van der Waals surface area (Å²) < 4.78 is 12.7. The molecule has 2 saturated heterocycles. The van der Waals surface area contributed by atoms with E-state index >= 15 is 0 Å². The van der Waals surface area contributed by atoms with Crippen molar-refractivity contribution in [3.63, 3.8) is 0 Å². The average Bonchev–Trinajstić information content (AvgIpc) is 2.81. The topological polar surface area (TPSA) is 38.8 Å². The van der Waals surface area contributed by atoms with E-state index in [1.807, 2.05) is 36.1 Å². The van der Waals surface area contributed by atoms with Crippen molar-refractivity contribution >= 4 is 28.5 Å². The molecule has 4 nitrogen and oxygen atoms in total. The van der Waals surface area contributed by atoms with Crippen LogP contribution in [0.4, 0.5) is 0 Å². The van der Waals surface area contributed by atoms with Gasteiger partial charge in [-0.1, -0.05) is 12.1 Å². The molecule has 1 unspecified atom stereocenters. The molecule has 1 amide bonds. The van der Waals surface area contributed by atoms with Gasteiger partial charge in [0.05, 0.1) is 18.3 Å². The summed E-state index contributed by atoms with van der Waals surface area (Å²) in [7, 11) is 0. The molecule has 1 aromatic carbocycles. The van der Waals surface area contributed by atoms with E-state index in [2.05, 4.69) is 22.6 Å². The molecule has 20 heavy (non-hydrogen) atoms. The minimum Gasteiger partial charge on any atom is -0.347 e. The molecule has 2 aliphatic rings. The first-order valence-electron chi connectivity index (χ1n) is 6.95. The van der Waals surface area contributed by atoms with Gasteiger partial charge in [-0.05, 0) is 41.6 Å². The number of ether oxygens (including phenoxy) is 2. The molecule has 2 aliphatic heterocycles. The fourth-order valence-corrected chi connectivity index (χ4v) is 3.44. The van der Waals surface area contributed by atoms with Gasteiger partial charge in [-0.3, -0.25) is 4.79 Å². The molecular weight excluding hydrogens is 369 g/mol. The third-order valence-corrected chi connectivity index (χ3v) is 4.85. The van der Waals surface area contributed by atoms with Crippen LogP contribution in [-0.4, -0.2) is 42.4 Å². The molecule has 5 heteroatoms. The van der Waals surface area contributed by atoms with E-state index < -0.39 is 5.79 Å². The van der Waals surface area contributed by atoms with Crippen molar-refractivity contribution in [2.75, 3.05) is 19.7 Å². The molecule has 2 heterocycles. The maximum Gasteiger partial charge on any atom is 0.254 e. The minimum atomic E-state index is -0.444. The van der Waals surface area contributed by atoms with Crippen LogP contribution < -0.4 is 0 Å². The van der Waals surface area contributed by atoms with Crippen LogP contribution in [0, 0.1) is 3.57 Å². The first-order valence-corrected chi connectivity index (χ1v) is 8.03. The van der Waals surface area contributed by atoms with E-state index in [-0.39, 0.29) is 12.0 Å². The summed E-state index contributed by atoms with van der Waals surface area (Å²) in [6, 6.07) is 7.71. The van der Waals surface area contributed by atoms with Gasteiger partial charge in [0.1, 0.15) is 0 Å². The molecule has 0 radical (unpaired) electrons. The van der Waals surface area contributed by atoms with E-state index in [0.717, 1.165) is 22.0 Å². The summed E-state index contributed by atoms with van der Waals surface area (Å²) in [5, 5.41) is 0. The first-order chi connectivity index (χ1) is 9.60. The lowest BCUT2D eigenvalue weighted by Crippen LogP contribution is -2.47. The zero-order valence-electron chi connectivity index (χ0n) is 11.5. The van der Waals surface area contributed by atoms with Gasteiger partial charge in [-0.2, -0.15) is 0 Å². The third-order valence-electron chi connectivity index (χ3n) is 3.91. The number of piperidine rings is 1. The van der Waals surface area contributed by atoms with Crippen LogP contribution in [0.3, 0.4) is 0 Å². The molecule has 0 aromatic heterocycles. The highest BCUT2D eigenvalue weighted by Crippen LogP contribution is 2.34. The van der Waals surface area contributed by atoms with Crippen LogP contribution in [0.1, 0.15) is 30.1 Å². The van der Waals surface area contributed by atoms with Crippen molar-refractivity contribution in [2.24, 2.45) is 0 Å². The molecule has 2 fully saturated rings. The Balaban J connectivity index is 1.67. The SMILES string of the molecule is CC1COC2(CCN(C(=O)c3ccccc3I)CC2)O1. The van der Waals surface area contributed by atoms with E-state index in [9.17, 15) is 4.79 Å². The van der Waals surface area contributed by atoms with Crippen molar-refractivity contribution in [1.82, 2.24) is 4.90 Å². The lowest BCUT2D eigenvalue weighted by atomic mass is 10.0. The van der Waals surface area contributed by atoms with Crippen molar-refractivity contribution in [3.8, 4) is 0 Å². The Bertz CT molecular complexity index is 512. The third kappa shape index (κ3) is 2.71. The number of rotatable bonds is 1. The number of halogens is 1. The van der Waals surface area contributed by atoms with Crippen LogP contribution in [0.5, 0.6) is 0 Å². The number of hydrogen-bond donors (Lipinski definition) is 0. The van der Waals surface area contributed by atoms with Crippen LogP contribution >= 0.6 is 22.6 Å². The molecular formula is C15H18INO3. The fraction of sp³-hybridized carbons (Fsp3) is 0.533. The number of amides is 1. The quantitative estimate of drug-likeness (QED) is 0.696. The molecule has 1 aromatic rings. The average molecular weight is 387 g/mol. The second-order valence-corrected chi connectivity index (χ2v) is 6.58. The maximum atomic E-state index is 12.5. The zero-order chi connectivity index (χ0) is 14.2. The smallest absolute Gasteiger partial charge is 0.254 e. The highest BCUT2D eigenvalue weighted by molar-refractivity contribution is 14.1. The Kier molecular flexibility index (Phi) is 4.01. The molecule has 1 atom stereocenters. The Morgan fingerprint density at radius 1 is 1.35 bits per heavy atom. The summed E-state index contributed by atoms with van der Waals surface area (Å²) in [5.74, 6) is -0.337. The van der Waals surface area contributed by atoms with E-state index in [1.165, 1.54) is 0 Å². The summed E-state index contributed by atoms with van der Waals surface area (Å²) in [5.41, 5.74) is 0.783. The molecule has 1 spiro atoms. The van der Waals surface area contributed by atoms with Gasteiger partial charge in [-0.25, -0.2) is 0 Å². The Morgan fingerprint density at radius 3 is 2.65 bits per heavy atom. The van der Waals surface area contributed by atoms with E-state index in [1.54, 1.807) is 0 Å². The van der Waals surface area contributed by atoms with Crippen LogP contribution in [-0.2, 0) is 9.47 Å². The highest BCUT2D eigenvalue weighted by Gasteiger charge is 2.43. The predicted molar refractivity (Wildman–Crippen MR) is 83.5 cm³/mol. The number of likely N-dealkylation sites (tertiary alicyclic amines) is 1. The zero-order valence-corrected chi connectivity index (χ0v) is 13.6. The lowest BCUT2D eigenvalue weighted by Gasteiger charge is -2.38. The fourth-order valence-electron chi connectivity index (χ4n) is 2.82. The summed E-state index contributed by atoms with van der Waals surface area (Å²) in [6.45, 7) is 4.07. The van der Waals surface area contributed by atoms with E-state index in [4.69, 9.17) is 9.47 Å².